The molecule has 0 radical (unpaired) electrons. The van der Waals surface area contributed by atoms with Crippen LogP contribution in [0.25, 0.3) is 6.08 Å². The summed E-state index contributed by atoms with van der Waals surface area (Å²) >= 11 is 0. The highest BCUT2D eigenvalue weighted by atomic mass is 19.1. The van der Waals surface area contributed by atoms with Crippen LogP contribution in [-0.2, 0) is 14.3 Å². The molecule has 9 nitrogen and oxygen atoms in total. The Balaban J connectivity index is 1.60. The van der Waals surface area contributed by atoms with E-state index in [1.54, 1.807) is 13.0 Å². The first-order valence-electron chi connectivity index (χ1n) is 8.32. The predicted octanol–water partition coefficient (Wildman–Crippen LogP) is 2.97. The molecule has 29 heavy (non-hydrogen) atoms. The van der Waals surface area contributed by atoms with Crippen molar-refractivity contribution in [2.24, 2.45) is 0 Å². The zero-order valence-corrected chi connectivity index (χ0v) is 15.1. The third kappa shape index (κ3) is 4.86. The highest BCUT2D eigenvalue weighted by Gasteiger charge is 2.22. The lowest BCUT2D eigenvalue weighted by molar-refractivity contribution is -0.385. The Morgan fingerprint density at radius 1 is 1.28 bits per heavy atom. The Kier molecular flexibility index (Phi) is 5.72. The molecule has 1 heterocycles. The lowest BCUT2D eigenvalue weighted by atomic mass is 10.1. The van der Waals surface area contributed by atoms with E-state index in [0.717, 1.165) is 6.08 Å². The number of ether oxygens (including phenoxy) is 3. The van der Waals surface area contributed by atoms with Gasteiger partial charge in [0.2, 0.25) is 6.79 Å². The molecule has 1 aliphatic heterocycles. The van der Waals surface area contributed by atoms with Crippen molar-refractivity contribution in [1.29, 1.82) is 0 Å². The second-order valence-electron chi connectivity index (χ2n) is 5.99. The number of anilines is 1. The zero-order chi connectivity index (χ0) is 21.0. The van der Waals surface area contributed by atoms with E-state index in [2.05, 4.69) is 5.32 Å². The number of rotatable bonds is 6. The summed E-state index contributed by atoms with van der Waals surface area (Å²) in [4.78, 5) is 34.2. The molecule has 1 N–H and O–H groups in total. The van der Waals surface area contributed by atoms with Gasteiger partial charge in [-0.1, -0.05) is 6.07 Å². The van der Waals surface area contributed by atoms with E-state index in [4.69, 9.17) is 14.2 Å². The smallest absolute Gasteiger partial charge is 0.331 e. The van der Waals surface area contributed by atoms with E-state index in [-0.39, 0.29) is 29.5 Å². The Hall–Kier alpha value is -3.95. The number of hydrogen-bond acceptors (Lipinski definition) is 7. The molecule has 0 aromatic heterocycles. The van der Waals surface area contributed by atoms with Crippen molar-refractivity contribution < 1.29 is 33.1 Å². The van der Waals surface area contributed by atoms with Crippen LogP contribution in [0.2, 0.25) is 0 Å². The number of benzene rings is 2. The van der Waals surface area contributed by atoms with E-state index in [1.165, 1.54) is 30.3 Å². The number of hydrogen-bond donors (Lipinski definition) is 1. The number of nitro benzene ring substituents is 1. The van der Waals surface area contributed by atoms with Crippen LogP contribution in [0.4, 0.5) is 15.8 Å². The maximum Gasteiger partial charge on any atom is 0.331 e. The molecule has 0 atom stereocenters. The predicted molar refractivity (Wildman–Crippen MR) is 99.0 cm³/mol. The van der Waals surface area contributed by atoms with E-state index in [9.17, 15) is 24.1 Å². The third-order valence-electron chi connectivity index (χ3n) is 3.86. The van der Waals surface area contributed by atoms with Gasteiger partial charge < -0.3 is 19.5 Å². The fourth-order valence-electron chi connectivity index (χ4n) is 2.49. The van der Waals surface area contributed by atoms with Gasteiger partial charge in [-0.2, -0.15) is 0 Å². The highest BCUT2D eigenvalue weighted by Crippen LogP contribution is 2.38. The average molecular weight is 402 g/mol. The molecule has 0 aliphatic carbocycles. The average Bonchev–Trinajstić information content (AvgIpc) is 3.13. The van der Waals surface area contributed by atoms with Crippen LogP contribution in [0.3, 0.4) is 0 Å². The summed E-state index contributed by atoms with van der Waals surface area (Å²) in [5, 5.41) is 13.5. The van der Waals surface area contributed by atoms with E-state index in [1.807, 2.05) is 0 Å². The molecule has 10 heteroatoms. The number of halogens is 1. The number of carbonyl (C=O) groups excluding carboxylic acids is 2. The summed E-state index contributed by atoms with van der Waals surface area (Å²) in [5.74, 6) is -1.71. The van der Waals surface area contributed by atoms with Crippen LogP contribution in [0.15, 0.2) is 36.4 Å². The fraction of sp³-hybridized carbons (Fsp3) is 0.158. The second kappa shape index (κ2) is 8.38. The highest BCUT2D eigenvalue weighted by molar-refractivity contribution is 5.95. The maximum atomic E-state index is 13.7. The first kappa shape index (κ1) is 19.8. The van der Waals surface area contributed by atoms with Crippen molar-refractivity contribution >= 4 is 29.3 Å². The summed E-state index contributed by atoms with van der Waals surface area (Å²) < 4.78 is 28.7. The lowest BCUT2D eigenvalue weighted by Crippen LogP contribution is -2.20. The van der Waals surface area contributed by atoms with Crippen LogP contribution in [0.5, 0.6) is 11.5 Å². The van der Waals surface area contributed by atoms with Crippen LogP contribution in [-0.4, -0.2) is 30.2 Å². The molecule has 1 amide bonds. The molecule has 1 aliphatic rings. The molecular formula is C19H15FN2O7. The van der Waals surface area contributed by atoms with Gasteiger partial charge in [-0.25, -0.2) is 9.18 Å². The van der Waals surface area contributed by atoms with Gasteiger partial charge >= 0.3 is 5.97 Å². The summed E-state index contributed by atoms with van der Waals surface area (Å²) in [6.07, 6.45) is 2.10. The molecule has 2 aromatic carbocycles. The minimum absolute atomic E-state index is 0.0387. The van der Waals surface area contributed by atoms with Gasteiger partial charge in [-0.05, 0) is 36.8 Å². The number of fused-ring (bicyclic) bond motifs is 1. The van der Waals surface area contributed by atoms with E-state index in [0.29, 0.717) is 11.3 Å². The molecular weight excluding hydrogens is 387 g/mol. The maximum absolute atomic E-state index is 13.7. The minimum atomic E-state index is -0.906. The summed E-state index contributed by atoms with van der Waals surface area (Å²) in [6, 6.07) is 6.81. The standard InChI is InChI=1S/C19H15FN2O7/c1-11-2-4-14(13(20)6-11)21-18(23)9-27-19(24)5-3-12-7-16-17(29-10-28-16)8-15(12)22(25)26/h2-8H,9-10H2,1H3,(H,21,23)/b5-3+. The van der Waals surface area contributed by atoms with Crippen LogP contribution in [0, 0.1) is 22.9 Å². The molecule has 0 unspecified atom stereocenters. The van der Waals surface area contributed by atoms with Gasteiger partial charge in [0.05, 0.1) is 22.2 Å². The Morgan fingerprint density at radius 2 is 2.00 bits per heavy atom. The van der Waals surface area contributed by atoms with Crippen molar-refractivity contribution in [2.75, 3.05) is 18.7 Å². The minimum Gasteiger partial charge on any atom is -0.454 e. The number of nitrogens with one attached hydrogen (secondary N) is 1. The van der Waals surface area contributed by atoms with Crippen LogP contribution in [0.1, 0.15) is 11.1 Å². The van der Waals surface area contributed by atoms with Gasteiger partial charge in [-0.3, -0.25) is 14.9 Å². The van der Waals surface area contributed by atoms with Crippen molar-refractivity contribution in [2.45, 2.75) is 6.92 Å². The lowest BCUT2D eigenvalue weighted by Gasteiger charge is -2.07. The number of carbonyl (C=O) groups is 2. The fourth-order valence-corrected chi connectivity index (χ4v) is 2.49. The number of esters is 1. The van der Waals surface area contributed by atoms with Gasteiger partial charge in [0.15, 0.2) is 18.1 Å². The zero-order valence-electron chi connectivity index (χ0n) is 15.1. The largest absolute Gasteiger partial charge is 0.454 e. The Labute approximate surface area is 163 Å². The molecule has 0 bridgehead atoms. The molecule has 0 spiro atoms. The summed E-state index contributed by atoms with van der Waals surface area (Å²) in [6.45, 7) is 0.991. The first-order chi connectivity index (χ1) is 13.8. The van der Waals surface area contributed by atoms with Crippen molar-refractivity contribution in [1.82, 2.24) is 0 Å². The topological polar surface area (TPSA) is 117 Å². The molecule has 2 aromatic rings. The van der Waals surface area contributed by atoms with Gasteiger partial charge in [0.25, 0.3) is 11.6 Å². The van der Waals surface area contributed by atoms with Crippen molar-refractivity contribution in [3.05, 3.63) is 63.5 Å². The number of aryl methyl sites for hydroxylation is 1. The molecule has 0 saturated carbocycles. The van der Waals surface area contributed by atoms with E-state index >= 15 is 0 Å². The van der Waals surface area contributed by atoms with Crippen LogP contribution < -0.4 is 14.8 Å². The monoisotopic (exact) mass is 402 g/mol. The Morgan fingerprint density at radius 3 is 2.69 bits per heavy atom. The van der Waals surface area contributed by atoms with Crippen molar-refractivity contribution in [3.63, 3.8) is 0 Å². The van der Waals surface area contributed by atoms with Gasteiger partial charge in [0.1, 0.15) is 5.82 Å². The van der Waals surface area contributed by atoms with Crippen LogP contribution >= 0.6 is 0 Å². The molecule has 0 saturated heterocycles. The van der Waals surface area contributed by atoms with E-state index < -0.39 is 29.2 Å². The second-order valence-corrected chi connectivity index (χ2v) is 5.99. The SMILES string of the molecule is Cc1ccc(NC(=O)COC(=O)/C=C/c2cc3c(cc2[N+](=O)[O-])OCO3)c(F)c1. The summed E-state index contributed by atoms with van der Waals surface area (Å²) in [7, 11) is 0. The molecule has 3 rings (SSSR count). The number of amides is 1. The number of nitro groups is 1. The number of nitrogens with zero attached hydrogens (tertiary/aromatic N) is 1. The summed E-state index contributed by atoms with van der Waals surface area (Å²) in [5.41, 5.74) is 0.464. The normalized spacial score (nSPS) is 12.1. The Bertz CT molecular complexity index is 1020. The third-order valence-corrected chi connectivity index (χ3v) is 3.86. The van der Waals surface area contributed by atoms with Crippen molar-refractivity contribution in [3.8, 4) is 11.5 Å². The van der Waals surface area contributed by atoms with Gasteiger partial charge in [-0.15, -0.1) is 0 Å². The quantitative estimate of drug-likeness (QED) is 0.342. The molecule has 0 fully saturated rings. The molecule has 150 valence electrons. The first-order valence-corrected chi connectivity index (χ1v) is 8.32. The van der Waals surface area contributed by atoms with Gasteiger partial charge in [0, 0.05) is 6.08 Å².